The largest absolute Gasteiger partial charge is 0.384 e. The second kappa shape index (κ2) is 6.06. The molecule has 0 saturated carbocycles. The molecule has 0 fully saturated rings. The zero-order valence-electron chi connectivity index (χ0n) is 11.8. The average Bonchev–Trinajstić information content (AvgIpc) is 2.70. The Morgan fingerprint density at radius 3 is 2.71 bits per heavy atom. The van der Waals surface area contributed by atoms with Crippen molar-refractivity contribution < 1.29 is 13.2 Å². The van der Waals surface area contributed by atoms with Crippen molar-refractivity contribution in [2.75, 3.05) is 20.0 Å². The van der Waals surface area contributed by atoms with Crippen LogP contribution in [-0.4, -0.2) is 33.0 Å². The summed E-state index contributed by atoms with van der Waals surface area (Å²) in [5, 5.41) is 10.0. The van der Waals surface area contributed by atoms with E-state index in [2.05, 4.69) is 6.07 Å². The Morgan fingerprint density at radius 1 is 1.43 bits per heavy atom. The van der Waals surface area contributed by atoms with Crippen molar-refractivity contribution in [3.05, 3.63) is 28.9 Å². The van der Waals surface area contributed by atoms with Gasteiger partial charge in [0.1, 0.15) is 6.54 Å². The lowest BCUT2D eigenvalue weighted by Gasteiger charge is -2.08. The van der Waals surface area contributed by atoms with E-state index in [9.17, 15) is 8.42 Å². The van der Waals surface area contributed by atoms with Gasteiger partial charge < -0.3 is 9.30 Å². The molecule has 1 aromatic heterocycles. The van der Waals surface area contributed by atoms with Gasteiger partial charge in [0.2, 0.25) is 0 Å². The molecule has 0 aliphatic carbocycles. The van der Waals surface area contributed by atoms with E-state index in [0.717, 1.165) is 6.26 Å². The molecule has 7 heteroatoms. The van der Waals surface area contributed by atoms with Crippen molar-refractivity contribution in [1.82, 2.24) is 4.57 Å². The van der Waals surface area contributed by atoms with Gasteiger partial charge >= 0.3 is 0 Å². The van der Waals surface area contributed by atoms with Crippen LogP contribution in [0.25, 0.3) is 10.9 Å². The van der Waals surface area contributed by atoms with Crippen molar-refractivity contribution in [2.24, 2.45) is 0 Å². The number of sulfone groups is 1. The van der Waals surface area contributed by atoms with E-state index in [4.69, 9.17) is 21.6 Å². The Balaban J connectivity index is 2.87. The van der Waals surface area contributed by atoms with Gasteiger partial charge in [-0.05, 0) is 18.2 Å². The molecule has 0 aliphatic heterocycles. The molecule has 0 radical (unpaired) electrons. The molecule has 0 saturated heterocycles. The standard InChI is InChI=1S/C14H15ClN2O3S/c1-20-8-5-13-14(21(2,18)19)11-9-10(15)3-4-12(11)17(13)7-6-16/h3-4,9H,5,7-8H2,1-2H3. The van der Waals surface area contributed by atoms with E-state index < -0.39 is 9.84 Å². The highest BCUT2D eigenvalue weighted by atomic mass is 35.5. The highest BCUT2D eigenvalue weighted by molar-refractivity contribution is 7.91. The van der Waals surface area contributed by atoms with Gasteiger partial charge in [0, 0.05) is 35.9 Å². The molecule has 21 heavy (non-hydrogen) atoms. The van der Waals surface area contributed by atoms with Crippen LogP contribution in [-0.2, 0) is 27.5 Å². The predicted octanol–water partition coefficient (Wildman–Crippen LogP) is 2.41. The summed E-state index contributed by atoms with van der Waals surface area (Å²) < 4.78 is 31.1. The molecule has 0 N–H and O–H groups in total. The first-order valence-electron chi connectivity index (χ1n) is 6.26. The molecule has 0 unspecified atom stereocenters. The Morgan fingerprint density at radius 2 is 2.14 bits per heavy atom. The number of fused-ring (bicyclic) bond motifs is 1. The molecule has 112 valence electrons. The van der Waals surface area contributed by atoms with Crippen LogP contribution in [0.2, 0.25) is 5.02 Å². The lowest BCUT2D eigenvalue weighted by Crippen LogP contribution is -2.09. The minimum absolute atomic E-state index is 0.0761. The molecule has 0 amide bonds. The first-order valence-corrected chi connectivity index (χ1v) is 8.53. The van der Waals surface area contributed by atoms with E-state index in [1.54, 1.807) is 29.9 Å². The molecule has 0 aliphatic rings. The third kappa shape index (κ3) is 3.05. The second-order valence-electron chi connectivity index (χ2n) is 4.70. The normalized spacial score (nSPS) is 11.7. The molecular weight excluding hydrogens is 312 g/mol. The number of hydrogen-bond acceptors (Lipinski definition) is 4. The molecule has 1 aromatic carbocycles. The van der Waals surface area contributed by atoms with Gasteiger partial charge in [-0.25, -0.2) is 8.42 Å². The van der Waals surface area contributed by atoms with Crippen LogP contribution in [0.1, 0.15) is 5.69 Å². The number of nitrogens with zero attached hydrogens (tertiary/aromatic N) is 2. The second-order valence-corrected chi connectivity index (χ2v) is 7.09. The summed E-state index contributed by atoms with van der Waals surface area (Å²) in [6.07, 6.45) is 1.57. The number of benzene rings is 1. The number of halogens is 1. The van der Waals surface area contributed by atoms with E-state index in [0.29, 0.717) is 34.6 Å². The summed E-state index contributed by atoms with van der Waals surface area (Å²) in [4.78, 5) is 0.229. The molecule has 0 bridgehead atoms. The summed E-state index contributed by atoms with van der Waals surface area (Å²) in [5.74, 6) is 0. The highest BCUT2D eigenvalue weighted by Crippen LogP contribution is 2.32. The number of nitriles is 1. The van der Waals surface area contributed by atoms with Gasteiger partial charge in [0.25, 0.3) is 0 Å². The maximum atomic E-state index is 12.2. The van der Waals surface area contributed by atoms with Crippen molar-refractivity contribution >= 4 is 32.3 Å². The number of hydrogen-bond donors (Lipinski definition) is 0. The summed E-state index contributed by atoms with van der Waals surface area (Å²) in [5.41, 5.74) is 1.27. The molecule has 0 atom stereocenters. The van der Waals surface area contributed by atoms with Crippen LogP contribution in [0.3, 0.4) is 0 Å². The van der Waals surface area contributed by atoms with Crippen molar-refractivity contribution in [3.8, 4) is 6.07 Å². The van der Waals surface area contributed by atoms with Crippen LogP contribution in [0.5, 0.6) is 0 Å². The van der Waals surface area contributed by atoms with E-state index >= 15 is 0 Å². The number of aromatic nitrogens is 1. The maximum absolute atomic E-state index is 12.2. The zero-order valence-corrected chi connectivity index (χ0v) is 13.3. The molecule has 1 heterocycles. The Kier molecular flexibility index (Phi) is 4.57. The van der Waals surface area contributed by atoms with Crippen LogP contribution in [0.4, 0.5) is 0 Å². The first kappa shape index (κ1) is 15.8. The topological polar surface area (TPSA) is 72.1 Å². The predicted molar refractivity (Wildman–Crippen MR) is 81.3 cm³/mol. The van der Waals surface area contributed by atoms with Gasteiger partial charge in [0.05, 0.1) is 23.1 Å². The Hall–Kier alpha value is -1.55. The SMILES string of the molecule is COCCc1c(S(C)(=O)=O)c2cc(Cl)ccc2n1CC#N. The minimum Gasteiger partial charge on any atom is -0.384 e. The van der Waals surface area contributed by atoms with Crippen molar-refractivity contribution in [2.45, 2.75) is 17.9 Å². The number of ether oxygens (including phenoxy) is 1. The van der Waals surface area contributed by atoms with Gasteiger partial charge in [-0.1, -0.05) is 11.6 Å². The summed E-state index contributed by atoms with van der Waals surface area (Å²) >= 11 is 5.99. The van der Waals surface area contributed by atoms with Crippen LogP contribution < -0.4 is 0 Å². The minimum atomic E-state index is -3.45. The van der Waals surface area contributed by atoms with Crippen LogP contribution in [0, 0.1) is 11.3 Å². The average molecular weight is 327 g/mol. The lowest BCUT2D eigenvalue weighted by atomic mass is 10.2. The Bertz CT molecular complexity index is 819. The van der Waals surface area contributed by atoms with Crippen LogP contribution in [0.15, 0.2) is 23.1 Å². The quantitative estimate of drug-likeness (QED) is 0.845. The zero-order chi connectivity index (χ0) is 15.6. The monoisotopic (exact) mass is 326 g/mol. The fraction of sp³-hybridized carbons (Fsp3) is 0.357. The third-order valence-electron chi connectivity index (χ3n) is 3.22. The maximum Gasteiger partial charge on any atom is 0.177 e. The summed E-state index contributed by atoms with van der Waals surface area (Å²) in [6.45, 7) is 0.449. The van der Waals surface area contributed by atoms with E-state index in [-0.39, 0.29) is 11.4 Å². The molecular formula is C14H15ClN2O3S. The fourth-order valence-corrected chi connectivity index (χ4v) is 3.84. The molecule has 2 aromatic rings. The number of methoxy groups -OCH3 is 1. The first-order chi connectivity index (χ1) is 9.90. The van der Waals surface area contributed by atoms with Crippen LogP contribution >= 0.6 is 11.6 Å². The Labute approximate surface area is 128 Å². The van der Waals surface area contributed by atoms with Gasteiger partial charge in [-0.3, -0.25) is 0 Å². The fourth-order valence-electron chi connectivity index (χ4n) is 2.46. The summed E-state index contributed by atoms with van der Waals surface area (Å²) in [7, 11) is -1.90. The summed E-state index contributed by atoms with van der Waals surface area (Å²) in [6, 6.07) is 7.11. The smallest absolute Gasteiger partial charge is 0.177 e. The lowest BCUT2D eigenvalue weighted by molar-refractivity contribution is 0.200. The van der Waals surface area contributed by atoms with E-state index in [1.165, 1.54) is 0 Å². The number of rotatable bonds is 5. The van der Waals surface area contributed by atoms with Gasteiger partial charge in [0.15, 0.2) is 9.84 Å². The van der Waals surface area contributed by atoms with E-state index in [1.807, 2.05) is 0 Å². The van der Waals surface area contributed by atoms with Crippen molar-refractivity contribution in [1.29, 1.82) is 5.26 Å². The molecule has 2 rings (SSSR count). The highest BCUT2D eigenvalue weighted by Gasteiger charge is 2.24. The van der Waals surface area contributed by atoms with Gasteiger partial charge in [-0.2, -0.15) is 5.26 Å². The third-order valence-corrected chi connectivity index (χ3v) is 4.66. The van der Waals surface area contributed by atoms with Gasteiger partial charge in [-0.15, -0.1) is 0 Å². The van der Waals surface area contributed by atoms with Crippen molar-refractivity contribution in [3.63, 3.8) is 0 Å². The molecule has 0 spiro atoms. The molecule has 5 nitrogen and oxygen atoms in total.